The SMILES string of the molecule is CCNC(C)C(Cc1ccc([N+](=O)[O-])cc1Cl)C(C)C. The van der Waals surface area contributed by atoms with Crippen LogP contribution in [0.3, 0.4) is 0 Å². The predicted octanol–water partition coefficient (Wildman–Crippen LogP) is 4.06. The molecule has 5 heteroatoms. The molecule has 2 atom stereocenters. The predicted molar refractivity (Wildman–Crippen MR) is 83.3 cm³/mol. The van der Waals surface area contributed by atoms with Crippen molar-refractivity contribution in [1.82, 2.24) is 5.32 Å². The van der Waals surface area contributed by atoms with Crippen molar-refractivity contribution in [2.75, 3.05) is 6.54 Å². The Kier molecular flexibility index (Phi) is 6.43. The molecule has 0 saturated carbocycles. The van der Waals surface area contributed by atoms with Gasteiger partial charge >= 0.3 is 0 Å². The fraction of sp³-hybridized carbons (Fsp3) is 0.600. The van der Waals surface area contributed by atoms with Gasteiger partial charge in [-0.2, -0.15) is 0 Å². The summed E-state index contributed by atoms with van der Waals surface area (Å²) in [7, 11) is 0. The van der Waals surface area contributed by atoms with Gasteiger partial charge in [0.05, 0.1) is 9.95 Å². The first-order valence-corrected chi connectivity index (χ1v) is 7.40. The molecule has 1 aromatic carbocycles. The number of benzene rings is 1. The standard InChI is InChI=1S/C15H23ClN2O2/c1-5-17-11(4)14(10(2)3)8-12-6-7-13(18(19)20)9-15(12)16/h6-7,9-11,14,17H,5,8H2,1-4H3. The van der Waals surface area contributed by atoms with Gasteiger partial charge in [-0.1, -0.05) is 38.4 Å². The minimum atomic E-state index is -0.420. The van der Waals surface area contributed by atoms with E-state index in [1.165, 1.54) is 12.1 Å². The first-order chi connectivity index (χ1) is 9.36. The van der Waals surface area contributed by atoms with Crippen LogP contribution < -0.4 is 5.32 Å². The Morgan fingerprint density at radius 3 is 2.45 bits per heavy atom. The maximum absolute atomic E-state index is 10.7. The highest BCUT2D eigenvalue weighted by atomic mass is 35.5. The molecule has 0 aromatic heterocycles. The summed E-state index contributed by atoms with van der Waals surface area (Å²) < 4.78 is 0. The van der Waals surface area contributed by atoms with E-state index in [0.717, 1.165) is 18.5 Å². The molecular weight excluding hydrogens is 276 g/mol. The van der Waals surface area contributed by atoms with Crippen LogP contribution in [0.2, 0.25) is 5.02 Å². The third-order valence-corrected chi connectivity index (χ3v) is 4.08. The number of hydrogen-bond acceptors (Lipinski definition) is 3. The van der Waals surface area contributed by atoms with E-state index in [1.807, 2.05) is 0 Å². The summed E-state index contributed by atoms with van der Waals surface area (Å²) in [5.41, 5.74) is 1.01. The molecule has 1 rings (SSSR count). The van der Waals surface area contributed by atoms with Crippen LogP contribution in [-0.4, -0.2) is 17.5 Å². The fourth-order valence-electron chi connectivity index (χ4n) is 2.53. The highest BCUT2D eigenvalue weighted by molar-refractivity contribution is 6.31. The van der Waals surface area contributed by atoms with Gasteiger partial charge in [-0.05, 0) is 37.3 Å². The minimum absolute atomic E-state index is 0.0413. The van der Waals surface area contributed by atoms with Crippen LogP contribution >= 0.6 is 11.6 Å². The van der Waals surface area contributed by atoms with Crippen molar-refractivity contribution in [3.05, 3.63) is 38.9 Å². The number of nitro groups is 1. The Labute approximate surface area is 125 Å². The maximum Gasteiger partial charge on any atom is 0.270 e. The quantitative estimate of drug-likeness (QED) is 0.610. The molecule has 112 valence electrons. The Hall–Kier alpha value is -1.13. The van der Waals surface area contributed by atoms with Crippen LogP contribution in [-0.2, 0) is 6.42 Å². The van der Waals surface area contributed by atoms with Crippen molar-refractivity contribution in [3.63, 3.8) is 0 Å². The minimum Gasteiger partial charge on any atom is -0.314 e. The molecule has 0 fully saturated rings. The summed E-state index contributed by atoms with van der Waals surface area (Å²) in [6.07, 6.45) is 0.822. The fourth-order valence-corrected chi connectivity index (χ4v) is 2.78. The Morgan fingerprint density at radius 2 is 2.00 bits per heavy atom. The van der Waals surface area contributed by atoms with E-state index in [-0.39, 0.29) is 5.69 Å². The Balaban J connectivity index is 2.91. The number of rotatable bonds is 7. The number of nitrogens with zero attached hydrogens (tertiary/aromatic N) is 1. The lowest BCUT2D eigenvalue weighted by molar-refractivity contribution is -0.384. The second-order valence-electron chi connectivity index (χ2n) is 5.49. The van der Waals surface area contributed by atoms with Crippen LogP contribution in [0.4, 0.5) is 5.69 Å². The van der Waals surface area contributed by atoms with Gasteiger partial charge in [0.25, 0.3) is 5.69 Å². The van der Waals surface area contributed by atoms with Crippen LogP contribution in [0.5, 0.6) is 0 Å². The van der Waals surface area contributed by atoms with E-state index in [9.17, 15) is 10.1 Å². The molecule has 0 saturated heterocycles. The summed E-state index contributed by atoms with van der Waals surface area (Å²) in [4.78, 5) is 10.3. The zero-order valence-electron chi connectivity index (χ0n) is 12.5. The van der Waals surface area contributed by atoms with Crippen molar-refractivity contribution >= 4 is 17.3 Å². The highest BCUT2D eigenvalue weighted by Crippen LogP contribution is 2.28. The molecule has 20 heavy (non-hydrogen) atoms. The molecule has 1 N–H and O–H groups in total. The molecule has 0 aliphatic rings. The molecule has 1 aromatic rings. The average Bonchev–Trinajstić information content (AvgIpc) is 2.36. The van der Waals surface area contributed by atoms with Crippen molar-refractivity contribution < 1.29 is 4.92 Å². The first kappa shape index (κ1) is 16.9. The van der Waals surface area contributed by atoms with Crippen LogP contribution in [0, 0.1) is 22.0 Å². The third-order valence-electron chi connectivity index (χ3n) is 3.73. The van der Waals surface area contributed by atoms with Gasteiger partial charge in [0.1, 0.15) is 0 Å². The summed E-state index contributed by atoms with van der Waals surface area (Å²) in [5, 5.41) is 14.7. The van der Waals surface area contributed by atoms with Gasteiger partial charge in [0.2, 0.25) is 0 Å². The van der Waals surface area contributed by atoms with Gasteiger partial charge in [-0.15, -0.1) is 0 Å². The molecule has 0 heterocycles. The topological polar surface area (TPSA) is 55.2 Å². The summed E-state index contributed by atoms with van der Waals surface area (Å²) in [5.74, 6) is 0.948. The lowest BCUT2D eigenvalue weighted by atomic mass is 9.84. The van der Waals surface area contributed by atoms with Crippen LogP contribution in [0.1, 0.15) is 33.3 Å². The second kappa shape index (κ2) is 7.60. The monoisotopic (exact) mass is 298 g/mol. The van der Waals surface area contributed by atoms with E-state index >= 15 is 0 Å². The number of non-ortho nitro benzene ring substituents is 1. The summed E-state index contributed by atoms with van der Waals surface area (Å²) >= 11 is 6.18. The molecule has 2 unspecified atom stereocenters. The Bertz CT molecular complexity index is 463. The average molecular weight is 299 g/mol. The zero-order chi connectivity index (χ0) is 15.3. The van der Waals surface area contributed by atoms with E-state index < -0.39 is 4.92 Å². The summed E-state index contributed by atoms with van der Waals surface area (Å²) in [6, 6.07) is 5.11. The van der Waals surface area contributed by atoms with E-state index in [4.69, 9.17) is 11.6 Å². The van der Waals surface area contributed by atoms with E-state index in [0.29, 0.717) is 22.9 Å². The smallest absolute Gasteiger partial charge is 0.270 e. The molecule has 0 amide bonds. The van der Waals surface area contributed by atoms with Gasteiger partial charge < -0.3 is 5.32 Å². The van der Waals surface area contributed by atoms with Crippen molar-refractivity contribution in [2.24, 2.45) is 11.8 Å². The van der Waals surface area contributed by atoms with Gasteiger partial charge in [-0.25, -0.2) is 0 Å². The number of hydrogen-bond donors (Lipinski definition) is 1. The number of nitrogens with one attached hydrogen (secondary N) is 1. The number of nitro benzene ring substituents is 1. The molecule has 0 aliphatic heterocycles. The number of halogens is 1. The van der Waals surface area contributed by atoms with Crippen molar-refractivity contribution in [3.8, 4) is 0 Å². The molecule has 0 bridgehead atoms. The van der Waals surface area contributed by atoms with Gasteiger partial charge in [0, 0.05) is 18.2 Å². The highest BCUT2D eigenvalue weighted by Gasteiger charge is 2.22. The zero-order valence-corrected chi connectivity index (χ0v) is 13.3. The maximum atomic E-state index is 10.7. The van der Waals surface area contributed by atoms with Crippen LogP contribution in [0.25, 0.3) is 0 Å². The van der Waals surface area contributed by atoms with E-state index in [1.54, 1.807) is 6.07 Å². The third kappa shape index (κ3) is 4.46. The molecule has 0 aliphatic carbocycles. The summed E-state index contributed by atoms with van der Waals surface area (Å²) in [6.45, 7) is 9.58. The van der Waals surface area contributed by atoms with Crippen molar-refractivity contribution in [2.45, 2.75) is 40.2 Å². The van der Waals surface area contributed by atoms with Gasteiger partial charge in [0.15, 0.2) is 0 Å². The van der Waals surface area contributed by atoms with Crippen LogP contribution in [0.15, 0.2) is 18.2 Å². The molecular formula is C15H23ClN2O2. The second-order valence-corrected chi connectivity index (χ2v) is 5.90. The van der Waals surface area contributed by atoms with Crippen molar-refractivity contribution in [1.29, 1.82) is 0 Å². The lowest BCUT2D eigenvalue weighted by Gasteiger charge is -2.28. The molecule has 4 nitrogen and oxygen atoms in total. The lowest BCUT2D eigenvalue weighted by Crippen LogP contribution is -2.37. The Morgan fingerprint density at radius 1 is 1.35 bits per heavy atom. The van der Waals surface area contributed by atoms with E-state index in [2.05, 4.69) is 33.0 Å². The normalized spacial score (nSPS) is 14.3. The van der Waals surface area contributed by atoms with Gasteiger partial charge in [-0.3, -0.25) is 10.1 Å². The molecule has 0 radical (unpaired) electrons. The largest absolute Gasteiger partial charge is 0.314 e. The first-order valence-electron chi connectivity index (χ1n) is 7.03. The molecule has 0 spiro atoms.